The summed E-state index contributed by atoms with van der Waals surface area (Å²) in [5.74, 6) is -0.186. The third-order valence-corrected chi connectivity index (χ3v) is 2.51. The minimum absolute atomic E-state index is 0.179. The first-order valence-corrected chi connectivity index (χ1v) is 5.05. The Kier molecular flexibility index (Phi) is 2.66. The maximum absolute atomic E-state index is 12.8. The molecule has 2 rings (SSSR count). The fraction of sp³-hybridized carbons (Fsp3) is 0.455. The molecule has 0 atom stereocenters. The number of hydrogen-bond donors (Lipinski definition) is 0. The van der Waals surface area contributed by atoms with Crippen molar-refractivity contribution < 1.29 is 9.18 Å². The van der Waals surface area contributed by atoms with Gasteiger partial charge in [0.15, 0.2) is 0 Å². The second kappa shape index (κ2) is 3.96. The summed E-state index contributed by atoms with van der Waals surface area (Å²) in [5.41, 5.74) is 0.179. The Morgan fingerprint density at radius 3 is 2.93 bits per heavy atom. The van der Waals surface area contributed by atoms with Crippen LogP contribution in [0.25, 0.3) is 0 Å². The standard InChI is InChI=1S/C11H13FN2O/c1-14(7-8-5-6-8)11(15)9-3-2-4-10(12)13-9/h2-4,8H,5-7H2,1H3. The second-order valence-electron chi connectivity index (χ2n) is 3.97. The lowest BCUT2D eigenvalue weighted by atomic mass is 10.3. The van der Waals surface area contributed by atoms with Crippen molar-refractivity contribution in [2.45, 2.75) is 12.8 Å². The highest BCUT2D eigenvalue weighted by Gasteiger charge is 2.25. The minimum Gasteiger partial charge on any atom is -0.340 e. The summed E-state index contributed by atoms with van der Waals surface area (Å²) in [7, 11) is 1.73. The zero-order valence-electron chi connectivity index (χ0n) is 8.61. The van der Waals surface area contributed by atoms with Gasteiger partial charge in [0.1, 0.15) is 5.69 Å². The molecule has 0 radical (unpaired) electrons. The van der Waals surface area contributed by atoms with Crippen LogP contribution in [0.5, 0.6) is 0 Å². The van der Waals surface area contributed by atoms with Crippen LogP contribution < -0.4 is 0 Å². The molecule has 0 spiro atoms. The first-order valence-electron chi connectivity index (χ1n) is 5.05. The number of amides is 1. The predicted octanol–water partition coefficient (Wildman–Crippen LogP) is 1.70. The third kappa shape index (κ3) is 2.52. The largest absolute Gasteiger partial charge is 0.340 e. The summed E-state index contributed by atoms with van der Waals surface area (Å²) in [6.07, 6.45) is 2.38. The van der Waals surface area contributed by atoms with Crippen molar-refractivity contribution in [2.24, 2.45) is 5.92 Å². The van der Waals surface area contributed by atoms with E-state index in [9.17, 15) is 9.18 Å². The van der Waals surface area contributed by atoms with Crippen molar-refractivity contribution >= 4 is 5.91 Å². The van der Waals surface area contributed by atoms with Gasteiger partial charge in [0.05, 0.1) is 0 Å². The first kappa shape index (κ1) is 10.1. The fourth-order valence-corrected chi connectivity index (χ4v) is 1.49. The summed E-state index contributed by atoms with van der Waals surface area (Å²) in [5, 5.41) is 0. The number of carbonyl (C=O) groups is 1. The minimum atomic E-state index is -0.610. The van der Waals surface area contributed by atoms with Crippen LogP contribution in [0.15, 0.2) is 18.2 Å². The smallest absolute Gasteiger partial charge is 0.272 e. The van der Waals surface area contributed by atoms with Gasteiger partial charge in [-0.15, -0.1) is 0 Å². The Hall–Kier alpha value is -1.45. The van der Waals surface area contributed by atoms with Crippen molar-refractivity contribution in [3.05, 3.63) is 29.8 Å². The lowest BCUT2D eigenvalue weighted by molar-refractivity contribution is 0.0781. The number of pyridine rings is 1. The lowest BCUT2D eigenvalue weighted by Gasteiger charge is -2.15. The maximum Gasteiger partial charge on any atom is 0.272 e. The summed E-state index contributed by atoms with van der Waals surface area (Å²) in [4.78, 5) is 16.9. The van der Waals surface area contributed by atoms with Crippen molar-refractivity contribution in [1.29, 1.82) is 0 Å². The summed E-state index contributed by atoms with van der Waals surface area (Å²) >= 11 is 0. The van der Waals surface area contributed by atoms with E-state index >= 15 is 0 Å². The molecule has 1 aromatic heterocycles. The second-order valence-corrected chi connectivity index (χ2v) is 3.97. The van der Waals surface area contributed by atoms with E-state index in [1.54, 1.807) is 11.9 Å². The van der Waals surface area contributed by atoms with E-state index in [-0.39, 0.29) is 11.6 Å². The molecule has 0 aliphatic heterocycles. The van der Waals surface area contributed by atoms with Gasteiger partial charge in [-0.2, -0.15) is 4.39 Å². The molecule has 1 amide bonds. The SMILES string of the molecule is CN(CC1CC1)C(=O)c1cccc(F)n1. The van der Waals surface area contributed by atoms with E-state index in [1.165, 1.54) is 31.0 Å². The number of nitrogens with zero attached hydrogens (tertiary/aromatic N) is 2. The van der Waals surface area contributed by atoms with Crippen molar-refractivity contribution in [1.82, 2.24) is 9.88 Å². The molecule has 0 unspecified atom stereocenters. The quantitative estimate of drug-likeness (QED) is 0.708. The van der Waals surface area contributed by atoms with Gasteiger partial charge in [0.2, 0.25) is 5.95 Å². The van der Waals surface area contributed by atoms with Gasteiger partial charge in [-0.1, -0.05) is 6.07 Å². The van der Waals surface area contributed by atoms with Crippen LogP contribution in [-0.4, -0.2) is 29.4 Å². The molecule has 1 heterocycles. The van der Waals surface area contributed by atoms with Gasteiger partial charge < -0.3 is 4.90 Å². The number of carbonyl (C=O) groups excluding carboxylic acids is 1. The highest BCUT2D eigenvalue weighted by Crippen LogP contribution is 2.29. The van der Waals surface area contributed by atoms with Crippen molar-refractivity contribution in [3.8, 4) is 0 Å². The Morgan fingerprint density at radius 1 is 1.60 bits per heavy atom. The van der Waals surface area contributed by atoms with Gasteiger partial charge in [0, 0.05) is 13.6 Å². The molecule has 1 aliphatic rings. The zero-order chi connectivity index (χ0) is 10.8. The van der Waals surface area contributed by atoms with E-state index in [2.05, 4.69) is 4.98 Å². The number of aromatic nitrogens is 1. The van der Waals surface area contributed by atoms with Gasteiger partial charge in [-0.05, 0) is 30.9 Å². The average Bonchev–Trinajstić information content (AvgIpc) is 3.00. The Labute approximate surface area is 87.9 Å². The normalized spacial score (nSPS) is 15.1. The average molecular weight is 208 g/mol. The van der Waals surface area contributed by atoms with Crippen LogP contribution in [0.3, 0.4) is 0 Å². The van der Waals surface area contributed by atoms with Gasteiger partial charge >= 0.3 is 0 Å². The van der Waals surface area contributed by atoms with E-state index in [0.717, 1.165) is 6.54 Å². The van der Waals surface area contributed by atoms with Crippen LogP contribution in [0.2, 0.25) is 0 Å². The molecule has 0 saturated heterocycles. The van der Waals surface area contributed by atoms with E-state index in [4.69, 9.17) is 0 Å². The summed E-state index contributed by atoms with van der Waals surface area (Å²) in [6, 6.07) is 4.27. The first-order chi connectivity index (χ1) is 7.16. The van der Waals surface area contributed by atoms with Crippen LogP contribution in [-0.2, 0) is 0 Å². The van der Waals surface area contributed by atoms with Crippen LogP contribution in [0.4, 0.5) is 4.39 Å². The molecule has 1 aliphatic carbocycles. The van der Waals surface area contributed by atoms with Crippen LogP contribution in [0, 0.1) is 11.9 Å². The van der Waals surface area contributed by atoms with E-state index in [1.807, 2.05) is 0 Å². The van der Waals surface area contributed by atoms with E-state index in [0.29, 0.717) is 5.92 Å². The molecule has 0 N–H and O–H groups in total. The molecule has 4 heteroatoms. The Morgan fingerprint density at radius 2 is 2.33 bits per heavy atom. The molecule has 3 nitrogen and oxygen atoms in total. The topological polar surface area (TPSA) is 33.2 Å². The van der Waals surface area contributed by atoms with Gasteiger partial charge in [-0.3, -0.25) is 4.79 Å². The molecule has 0 aromatic carbocycles. The number of halogens is 1. The molecular weight excluding hydrogens is 195 g/mol. The van der Waals surface area contributed by atoms with Crippen LogP contribution in [0.1, 0.15) is 23.3 Å². The highest BCUT2D eigenvalue weighted by atomic mass is 19.1. The Balaban J connectivity index is 2.05. The molecule has 1 fully saturated rings. The zero-order valence-corrected chi connectivity index (χ0v) is 8.61. The molecule has 80 valence electrons. The summed E-state index contributed by atoms with van der Waals surface area (Å²) < 4.78 is 12.8. The number of hydrogen-bond acceptors (Lipinski definition) is 2. The fourth-order valence-electron chi connectivity index (χ4n) is 1.49. The van der Waals surface area contributed by atoms with Gasteiger partial charge in [-0.25, -0.2) is 4.98 Å². The third-order valence-electron chi connectivity index (χ3n) is 2.51. The molecule has 1 saturated carbocycles. The van der Waals surface area contributed by atoms with Gasteiger partial charge in [0.25, 0.3) is 5.91 Å². The summed E-state index contributed by atoms with van der Waals surface area (Å²) in [6.45, 7) is 0.747. The monoisotopic (exact) mass is 208 g/mol. The molecular formula is C11H13FN2O. The number of rotatable bonds is 3. The van der Waals surface area contributed by atoms with Crippen molar-refractivity contribution in [2.75, 3.05) is 13.6 Å². The predicted molar refractivity (Wildman–Crippen MR) is 53.9 cm³/mol. The Bertz CT molecular complexity index is 377. The molecule has 15 heavy (non-hydrogen) atoms. The highest BCUT2D eigenvalue weighted by molar-refractivity contribution is 5.92. The van der Waals surface area contributed by atoms with Crippen molar-refractivity contribution in [3.63, 3.8) is 0 Å². The lowest BCUT2D eigenvalue weighted by Crippen LogP contribution is -2.29. The van der Waals surface area contributed by atoms with E-state index < -0.39 is 5.95 Å². The van der Waals surface area contributed by atoms with Crippen LogP contribution >= 0.6 is 0 Å². The molecule has 0 bridgehead atoms. The molecule has 1 aromatic rings. The maximum atomic E-state index is 12.8.